The lowest BCUT2D eigenvalue weighted by Gasteiger charge is -2.03. The second kappa shape index (κ2) is 7.23. The summed E-state index contributed by atoms with van der Waals surface area (Å²) in [4.78, 5) is 16.5. The molecule has 0 aliphatic rings. The monoisotopic (exact) mass is 342 g/mol. The van der Waals surface area contributed by atoms with Gasteiger partial charge in [0.1, 0.15) is 22.3 Å². The van der Waals surface area contributed by atoms with Crippen LogP contribution in [0.15, 0.2) is 53.9 Å². The predicted octanol–water partition coefficient (Wildman–Crippen LogP) is 3.89. The molecule has 0 saturated carbocycles. The van der Waals surface area contributed by atoms with Crippen LogP contribution < -0.4 is 10.1 Å². The number of carbonyl (C=O) groups is 1. The summed E-state index contributed by atoms with van der Waals surface area (Å²) in [6.45, 7) is 0.253. The van der Waals surface area contributed by atoms with Gasteiger partial charge in [0.25, 0.3) is 5.91 Å². The van der Waals surface area contributed by atoms with Gasteiger partial charge in [-0.2, -0.15) is 0 Å². The Morgan fingerprint density at radius 3 is 2.88 bits per heavy atom. The zero-order valence-electron chi connectivity index (χ0n) is 13.0. The number of hydrogen-bond donors (Lipinski definition) is 1. The minimum absolute atomic E-state index is 0.253. The quantitative estimate of drug-likeness (QED) is 0.765. The molecule has 2 aromatic carbocycles. The molecule has 0 spiro atoms. The van der Waals surface area contributed by atoms with E-state index in [-0.39, 0.29) is 18.3 Å². The highest BCUT2D eigenvalue weighted by Crippen LogP contribution is 2.26. The Labute approximate surface area is 142 Å². The molecule has 4 nitrogen and oxygen atoms in total. The van der Waals surface area contributed by atoms with E-state index in [1.165, 1.54) is 23.5 Å². The Hall–Kier alpha value is -2.73. The van der Waals surface area contributed by atoms with Crippen molar-refractivity contribution in [3.05, 3.63) is 71.0 Å². The summed E-state index contributed by atoms with van der Waals surface area (Å²) in [5.74, 6) is 0.125. The van der Waals surface area contributed by atoms with E-state index in [1.807, 2.05) is 24.3 Å². The van der Waals surface area contributed by atoms with Crippen LogP contribution in [0.5, 0.6) is 5.75 Å². The molecule has 0 saturated heterocycles. The van der Waals surface area contributed by atoms with Gasteiger partial charge in [-0.05, 0) is 29.8 Å². The van der Waals surface area contributed by atoms with Crippen molar-refractivity contribution in [3.63, 3.8) is 0 Å². The van der Waals surface area contributed by atoms with Crippen molar-refractivity contribution in [1.29, 1.82) is 0 Å². The van der Waals surface area contributed by atoms with Crippen molar-refractivity contribution in [3.8, 4) is 16.3 Å². The first-order valence-corrected chi connectivity index (χ1v) is 8.16. The molecular weight excluding hydrogens is 327 g/mol. The van der Waals surface area contributed by atoms with Gasteiger partial charge in [-0.15, -0.1) is 11.3 Å². The van der Waals surface area contributed by atoms with Crippen molar-refractivity contribution in [1.82, 2.24) is 10.3 Å². The molecule has 0 unspecified atom stereocenters. The average Bonchev–Trinajstić information content (AvgIpc) is 3.10. The molecule has 0 atom stereocenters. The molecule has 1 N–H and O–H groups in total. The van der Waals surface area contributed by atoms with Gasteiger partial charge in [-0.1, -0.05) is 24.3 Å². The molecular formula is C18H15FN2O2S. The normalized spacial score (nSPS) is 10.4. The van der Waals surface area contributed by atoms with E-state index >= 15 is 0 Å². The highest BCUT2D eigenvalue weighted by molar-refractivity contribution is 7.13. The number of nitrogens with zero attached hydrogens (tertiary/aromatic N) is 1. The number of methoxy groups -OCH3 is 1. The summed E-state index contributed by atoms with van der Waals surface area (Å²) < 4.78 is 18.3. The van der Waals surface area contributed by atoms with Crippen molar-refractivity contribution >= 4 is 17.2 Å². The second-order valence-corrected chi connectivity index (χ2v) is 5.94. The van der Waals surface area contributed by atoms with E-state index in [1.54, 1.807) is 24.6 Å². The molecule has 1 aromatic heterocycles. The van der Waals surface area contributed by atoms with E-state index in [0.717, 1.165) is 16.3 Å². The lowest BCUT2D eigenvalue weighted by Crippen LogP contribution is -2.23. The van der Waals surface area contributed by atoms with Gasteiger partial charge in [0.2, 0.25) is 0 Å². The molecule has 3 rings (SSSR count). The summed E-state index contributed by atoms with van der Waals surface area (Å²) in [6, 6.07) is 13.6. The van der Waals surface area contributed by atoms with Crippen LogP contribution in [0.4, 0.5) is 4.39 Å². The van der Waals surface area contributed by atoms with Gasteiger partial charge in [-0.3, -0.25) is 4.79 Å². The van der Waals surface area contributed by atoms with Crippen LogP contribution in [-0.4, -0.2) is 18.0 Å². The molecule has 1 amide bonds. The number of thiazole rings is 1. The van der Waals surface area contributed by atoms with Crippen molar-refractivity contribution < 1.29 is 13.9 Å². The Kier molecular flexibility index (Phi) is 4.86. The molecule has 0 aliphatic carbocycles. The molecule has 122 valence electrons. The number of hydrogen-bond acceptors (Lipinski definition) is 4. The van der Waals surface area contributed by atoms with Crippen LogP contribution in [0.25, 0.3) is 10.6 Å². The van der Waals surface area contributed by atoms with Gasteiger partial charge in [-0.25, -0.2) is 9.37 Å². The molecule has 1 heterocycles. The van der Waals surface area contributed by atoms with Gasteiger partial charge in [0.05, 0.1) is 7.11 Å². The van der Waals surface area contributed by atoms with Gasteiger partial charge in [0.15, 0.2) is 0 Å². The van der Waals surface area contributed by atoms with Gasteiger partial charge < -0.3 is 10.1 Å². The van der Waals surface area contributed by atoms with Crippen LogP contribution in [-0.2, 0) is 6.54 Å². The number of carbonyl (C=O) groups excluding carboxylic acids is 1. The minimum atomic E-state index is -0.323. The van der Waals surface area contributed by atoms with Crippen molar-refractivity contribution in [2.24, 2.45) is 0 Å². The molecule has 0 aliphatic heterocycles. The van der Waals surface area contributed by atoms with E-state index in [9.17, 15) is 9.18 Å². The predicted molar refractivity (Wildman–Crippen MR) is 91.7 cm³/mol. The maximum absolute atomic E-state index is 13.1. The molecule has 3 aromatic rings. The summed E-state index contributed by atoms with van der Waals surface area (Å²) >= 11 is 1.39. The third-order valence-corrected chi connectivity index (χ3v) is 4.29. The average molecular weight is 342 g/mol. The highest BCUT2D eigenvalue weighted by atomic mass is 32.1. The fourth-order valence-electron chi connectivity index (χ4n) is 2.19. The van der Waals surface area contributed by atoms with Gasteiger partial charge >= 0.3 is 0 Å². The molecule has 24 heavy (non-hydrogen) atoms. The van der Waals surface area contributed by atoms with Crippen LogP contribution in [0.3, 0.4) is 0 Å². The van der Waals surface area contributed by atoms with E-state index < -0.39 is 0 Å². The number of amides is 1. The molecule has 0 radical (unpaired) electrons. The Morgan fingerprint density at radius 2 is 2.08 bits per heavy atom. The first-order chi connectivity index (χ1) is 11.7. The minimum Gasteiger partial charge on any atom is -0.497 e. The lowest BCUT2D eigenvalue weighted by atomic mass is 10.2. The number of nitrogens with one attached hydrogen (secondary N) is 1. The number of benzene rings is 2. The Morgan fingerprint density at radius 1 is 1.25 bits per heavy atom. The van der Waals surface area contributed by atoms with Crippen LogP contribution in [0.2, 0.25) is 0 Å². The number of ether oxygens (including phenoxy) is 1. The van der Waals surface area contributed by atoms with E-state index in [4.69, 9.17) is 4.74 Å². The van der Waals surface area contributed by atoms with E-state index in [0.29, 0.717) is 11.3 Å². The van der Waals surface area contributed by atoms with E-state index in [2.05, 4.69) is 10.3 Å². The van der Waals surface area contributed by atoms with Crippen LogP contribution >= 0.6 is 11.3 Å². The number of rotatable bonds is 5. The first kappa shape index (κ1) is 16.1. The third-order valence-electron chi connectivity index (χ3n) is 3.40. The van der Waals surface area contributed by atoms with Crippen molar-refractivity contribution in [2.45, 2.75) is 6.54 Å². The Bertz CT molecular complexity index is 863. The summed E-state index contributed by atoms with van der Waals surface area (Å²) in [5, 5.41) is 5.19. The maximum atomic E-state index is 13.1. The van der Waals surface area contributed by atoms with Crippen LogP contribution in [0.1, 0.15) is 16.1 Å². The Balaban J connectivity index is 1.69. The standard InChI is InChI=1S/C18H15FN2O2S/c1-23-15-7-3-5-13(9-15)18-21-16(11-24-18)17(22)20-10-12-4-2-6-14(19)8-12/h2-9,11H,10H2,1H3,(H,20,22). The second-order valence-electron chi connectivity index (χ2n) is 5.08. The molecule has 0 fully saturated rings. The largest absolute Gasteiger partial charge is 0.497 e. The summed E-state index contributed by atoms with van der Waals surface area (Å²) in [7, 11) is 1.60. The fourth-order valence-corrected chi connectivity index (χ4v) is 2.98. The smallest absolute Gasteiger partial charge is 0.271 e. The SMILES string of the molecule is COc1cccc(-c2nc(C(=O)NCc3cccc(F)c3)cs2)c1. The topological polar surface area (TPSA) is 51.2 Å². The first-order valence-electron chi connectivity index (χ1n) is 7.28. The van der Waals surface area contributed by atoms with Crippen molar-refractivity contribution in [2.75, 3.05) is 7.11 Å². The molecule has 6 heteroatoms. The maximum Gasteiger partial charge on any atom is 0.271 e. The third kappa shape index (κ3) is 3.78. The zero-order chi connectivity index (χ0) is 16.9. The summed E-state index contributed by atoms with van der Waals surface area (Å²) in [5.41, 5.74) is 1.93. The lowest BCUT2D eigenvalue weighted by molar-refractivity contribution is 0.0946. The number of halogens is 1. The zero-order valence-corrected chi connectivity index (χ0v) is 13.8. The fraction of sp³-hybridized carbons (Fsp3) is 0.111. The number of aromatic nitrogens is 1. The summed E-state index contributed by atoms with van der Waals surface area (Å²) in [6.07, 6.45) is 0. The molecule has 0 bridgehead atoms. The van der Waals surface area contributed by atoms with Crippen LogP contribution in [0, 0.1) is 5.82 Å². The highest BCUT2D eigenvalue weighted by Gasteiger charge is 2.12. The van der Waals surface area contributed by atoms with Gasteiger partial charge in [0, 0.05) is 17.5 Å².